The summed E-state index contributed by atoms with van der Waals surface area (Å²) in [6.07, 6.45) is 5.22. The van der Waals surface area contributed by atoms with E-state index < -0.39 is 10.0 Å². The highest BCUT2D eigenvalue weighted by Crippen LogP contribution is 2.37. The van der Waals surface area contributed by atoms with Crippen LogP contribution in [0.1, 0.15) is 39.7 Å². The van der Waals surface area contributed by atoms with Gasteiger partial charge in [-0.25, -0.2) is 8.42 Å². The Balaban J connectivity index is 1.25. The van der Waals surface area contributed by atoms with Crippen molar-refractivity contribution in [1.29, 1.82) is 0 Å². The number of Topliss-reactive ketones (excluding diaryl/α,β-unsaturated/α-hetero) is 1. The number of anilines is 1. The first-order valence-corrected chi connectivity index (χ1v) is 14.1. The van der Waals surface area contributed by atoms with Crippen LogP contribution in [0.4, 0.5) is 5.69 Å². The maximum atomic E-state index is 12.7. The molecule has 1 atom stereocenters. The fourth-order valence-electron chi connectivity index (χ4n) is 4.28. The summed E-state index contributed by atoms with van der Waals surface area (Å²) in [6, 6.07) is 7.35. The summed E-state index contributed by atoms with van der Waals surface area (Å²) in [5, 5.41) is 8.65. The van der Waals surface area contributed by atoms with Crippen molar-refractivity contribution >= 4 is 44.6 Å². The summed E-state index contributed by atoms with van der Waals surface area (Å²) < 4.78 is 31.0. The van der Waals surface area contributed by atoms with Crippen LogP contribution in [0.15, 0.2) is 33.9 Å². The van der Waals surface area contributed by atoms with E-state index in [0.717, 1.165) is 23.3 Å². The van der Waals surface area contributed by atoms with Crippen LogP contribution in [0.3, 0.4) is 0 Å². The molecule has 0 fully saturated rings. The van der Waals surface area contributed by atoms with Crippen molar-refractivity contribution in [2.75, 3.05) is 22.9 Å². The molecule has 5 rings (SSSR count). The zero-order chi connectivity index (χ0) is 22.5. The number of sulfonamides is 1. The molecule has 0 bridgehead atoms. The lowest BCUT2D eigenvalue weighted by Crippen LogP contribution is -2.27. The van der Waals surface area contributed by atoms with E-state index in [2.05, 4.69) is 23.2 Å². The van der Waals surface area contributed by atoms with Crippen LogP contribution in [-0.2, 0) is 29.3 Å². The minimum atomic E-state index is -3.30. The van der Waals surface area contributed by atoms with Gasteiger partial charge in [-0.05, 0) is 67.0 Å². The Morgan fingerprint density at radius 2 is 2.09 bits per heavy atom. The third-order valence-electron chi connectivity index (χ3n) is 5.93. The van der Waals surface area contributed by atoms with Crippen LogP contribution in [0.2, 0.25) is 0 Å². The molecular formula is C22H23N3O4S3. The van der Waals surface area contributed by atoms with Crippen molar-refractivity contribution in [2.45, 2.75) is 37.8 Å². The lowest BCUT2D eigenvalue weighted by atomic mass is 9.90. The molecule has 0 spiro atoms. The molecule has 10 heteroatoms. The zero-order valence-corrected chi connectivity index (χ0v) is 20.3. The maximum absolute atomic E-state index is 12.7. The monoisotopic (exact) mass is 489 g/mol. The number of hydrogen-bond acceptors (Lipinski definition) is 8. The first-order chi connectivity index (χ1) is 15.3. The van der Waals surface area contributed by atoms with Gasteiger partial charge < -0.3 is 4.42 Å². The predicted molar refractivity (Wildman–Crippen MR) is 126 cm³/mol. The van der Waals surface area contributed by atoms with Gasteiger partial charge in [0, 0.05) is 17.0 Å². The van der Waals surface area contributed by atoms with Crippen LogP contribution in [-0.4, -0.2) is 43.0 Å². The minimum Gasteiger partial charge on any atom is -0.410 e. The number of nitrogens with zero attached hydrogens (tertiary/aromatic N) is 3. The van der Waals surface area contributed by atoms with Crippen LogP contribution in [0.5, 0.6) is 0 Å². The number of aromatic nitrogens is 2. The molecule has 0 saturated heterocycles. The van der Waals surface area contributed by atoms with Crippen molar-refractivity contribution in [1.82, 2.24) is 10.2 Å². The fraction of sp³-hybridized carbons (Fsp3) is 0.409. The molecular weight excluding hydrogens is 466 g/mol. The van der Waals surface area contributed by atoms with Gasteiger partial charge in [0.15, 0.2) is 5.78 Å². The molecule has 1 aliphatic heterocycles. The Bertz CT molecular complexity index is 1300. The summed E-state index contributed by atoms with van der Waals surface area (Å²) >= 11 is 2.94. The quantitative estimate of drug-likeness (QED) is 0.378. The molecule has 0 amide bonds. The van der Waals surface area contributed by atoms with Crippen LogP contribution >= 0.6 is 23.1 Å². The predicted octanol–water partition coefficient (Wildman–Crippen LogP) is 4.22. The number of ketones is 1. The molecule has 1 aliphatic carbocycles. The molecule has 0 N–H and O–H groups in total. The highest BCUT2D eigenvalue weighted by Gasteiger charge is 2.27. The number of aryl methyl sites for hydroxylation is 1. The van der Waals surface area contributed by atoms with Crippen molar-refractivity contribution in [2.24, 2.45) is 5.92 Å². The summed E-state index contributed by atoms with van der Waals surface area (Å²) in [5.41, 5.74) is 3.48. The van der Waals surface area contributed by atoms with E-state index in [-0.39, 0.29) is 11.5 Å². The molecule has 0 radical (unpaired) electrons. The number of carbonyl (C=O) groups excluding carboxylic acids is 1. The van der Waals surface area contributed by atoms with Gasteiger partial charge in [-0.2, -0.15) is 0 Å². The van der Waals surface area contributed by atoms with Crippen molar-refractivity contribution < 1.29 is 17.6 Å². The smallest absolute Gasteiger partial charge is 0.277 e. The molecule has 7 nitrogen and oxygen atoms in total. The van der Waals surface area contributed by atoms with Gasteiger partial charge >= 0.3 is 0 Å². The van der Waals surface area contributed by atoms with Gasteiger partial charge in [0.1, 0.15) is 0 Å². The van der Waals surface area contributed by atoms with Gasteiger partial charge in [0.2, 0.25) is 10.0 Å². The third kappa shape index (κ3) is 4.23. The number of hydrogen-bond donors (Lipinski definition) is 0. The maximum Gasteiger partial charge on any atom is 0.277 e. The van der Waals surface area contributed by atoms with E-state index >= 15 is 0 Å². The molecule has 2 aliphatic rings. The summed E-state index contributed by atoms with van der Waals surface area (Å²) in [5.74, 6) is 1.33. The number of carbonyl (C=O) groups is 1. The van der Waals surface area contributed by atoms with E-state index in [4.69, 9.17) is 4.42 Å². The van der Waals surface area contributed by atoms with Crippen molar-refractivity contribution in [3.63, 3.8) is 0 Å². The fourth-order valence-corrected chi connectivity index (χ4v) is 7.02. The lowest BCUT2D eigenvalue weighted by Gasteiger charge is -2.16. The van der Waals surface area contributed by atoms with Gasteiger partial charge in [-0.3, -0.25) is 9.10 Å². The van der Waals surface area contributed by atoms with Gasteiger partial charge in [0.05, 0.1) is 22.6 Å². The second-order valence-electron chi connectivity index (χ2n) is 8.42. The standard InChI is InChI=1S/C22H23N3O4S3/c1-13-3-6-19-16(9-13)11-20(31-19)21-23-24-22(29-21)30-12-18(26)15-4-5-17-14(10-15)7-8-25(17)32(2,27)28/h4-5,10-11,13H,3,6-9,12H2,1-2H3/t13-/m0/s1. The second kappa shape index (κ2) is 8.31. The topological polar surface area (TPSA) is 93.4 Å². The lowest BCUT2D eigenvalue weighted by molar-refractivity contribution is 0.102. The Hall–Kier alpha value is -2.17. The Morgan fingerprint density at radius 3 is 2.91 bits per heavy atom. The molecule has 3 heterocycles. The molecule has 1 aromatic carbocycles. The minimum absolute atomic E-state index is 0.0593. The number of thiophene rings is 1. The Morgan fingerprint density at radius 1 is 1.25 bits per heavy atom. The summed E-state index contributed by atoms with van der Waals surface area (Å²) in [7, 11) is -3.30. The van der Waals surface area contributed by atoms with Gasteiger partial charge in [-0.1, -0.05) is 18.7 Å². The van der Waals surface area contributed by atoms with Crippen LogP contribution in [0.25, 0.3) is 10.8 Å². The molecule has 3 aromatic rings. The third-order valence-corrected chi connectivity index (χ3v) is 9.15. The molecule has 32 heavy (non-hydrogen) atoms. The van der Waals surface area contributed by atoms with Crippen LogP contribution in [0, 0.1) is 5.92 Å². The summed E-state index contributed by atoms with van der Waals surface area (Å²) in [4.78, 5) is 15.1. The Kier molecular flexibility index (Phi) is 5.63. The van der Waals surface area contributed by atoms with E-state index in [0.29, 0.717) is 41.2 Å². The largest absolute Gasteiger partial charge is 0.410 e. The number of thioether (sulfide) groups is 1. The SMILES string of the molecule is C[C@H]1CCc2sc(-c3nnc(SCC(=O)c4ccc5c(c4)CCN5S(C)(=O)=O)o3)cc2C1. The van der Waals surface area contributed by atoms with E-state index in [1.165, 1.54) is 39.2 Å². The first-order valence-electron chi connectivity index (χ1n) is 10.5. The molecule has 0 saturated carbocycles. The normalized spacial score (nSPS) is 17.9. The number of benzene rings is 1. The number of rotatable bonds is 6. The van der Waals surface area contributed by atoms with E-state index in [9.17, 15) is 13.2 Å². The highest BCUT2D eigenvalue weighted by molar-refractivity contribution is 7.99. The Labute approximate surface area is 195 Å². The van der Waals surface area contributed by atoms with E-state index in [1.54, 1.807) is 29.5 Å². The van der Waals surface area contributed by atoms with Gasteiger partial charge in [0.25, 0.3) is 11.1 Å². The van der Waals surface area contributed by atoms with Gasteiger partial charge in [-0.15, -0.1) is 21.5 Å². The molecule has 168 valence electrons. The average molecular weight is 490 g/mol. The summed E-state index contributed by atoms with van der Waals surface area (Å²) in [6.45, 7) is 2.69. The van der Waals surface area contributed by atoms with E-state index in [1.807, 2.05) is 0 Å². The van der Waals surface area contributed by atoms with Crippen molar-refractivity contribution in [3.05, 3.63) is 45.8 Å². The second-order valence-corrected chi connectivity index (χ2v) is 12.4. The molecule has 0 unspecified atom stereocenters. The highest BCUT2D eigenvalue weighted by atomic mass is 32.2. The zero-order valence-electron chi connectivity index (χ0n) is 17.8. The molecule has 2 aromatic heterocycles. The van der Waals surface area contributed by atoms with Crippen LogP contribution < -0.4 is 4.31 Å². The van der Waals surface area contributed by atoms with Crippen molar-refractivity contribution in [3.8, 4) is 10.8 Å². The number of fused-ring (bicyclic) bond motifs is 2. The average Bonchev–Trinajstić information content (AvgIpc) is 3.47. The first kappa shape index (κ1) is 21.7.